The van der Waals surface area contributed by atoms with Crippen LogP contribution in [0, 0.1) is 0 Å². The van der Waals surface area contributed by atoms with E-state index in [1.807, 2.05) is 0 Å². The van der Waals surface area contributed by atoms with Crippen molar-refractivity contribution < 1.29 is 28.3 Å². The number of methoxy groups -OCH3 is 1. The number of nitrogens with zero attached hydrogens (tertiary/aromatic N) is 2. The lowest BCUT2D eigenvalue weighted by Crippen LogP contribution is -2.43. The Labute approximate surface area is 241 Å². The number of amides is 2. The van der Waals surface area contributed by atoms with Gasteiger partial charge in [0.1, 0.15) is 18.8 Å². The summed E-state index contributed by atoms with van der Waals surface area (Å²) in [5.74, 6) is 0. The van der Waals surface area contributed by atoms with Crippen LogP contribution in [-0.2, 0) is 14.2 Å². The van der Waals surface area contributed by atoms with Crippen molar-refractivity contribution in [2.24, 2.45) is 0 Å². The molecule has 2 atom stereocenters. The second-order valence-electron chi connectivity index (χ2n) is 12.1. The first kappa shape index (κ1) is 37.5. The van der Waals surface area contributed by atoms with E-state index in [0.717, 1.165) is 23.9 Å². The molecule has 0 saturated carbocycles. The fourth-order valence-electron chi connectivity index (χ4n) is 4.43. The Kier molecular flexibility index (Phi) is 23.3. The van der Waals surface area contributed by atoms with Crippen LogP contribution in [0.15, 0.2) is 0 Å². The largest absolute Gasteiger partial charge is 0.446 e. The number of quaternary nitrogens is 1. The fourth-order valence-corrected chi connectivity index (χ4v) is 4.43. The van der Waals surface area contributed by atoms with E-state index < -0.39 is 18.3 Å². The van der Waals surface area contributed by atoms with E-state index >= 15 is 0 Å². The quantitative estimate of drug-likeness (QED) is 0.0951. The molecule has 0 aliphatic rings. The van der Waals surface area contributed by atoms with E-state index in [0.29, 0.717) is 13.1 Å². The third-order valence-corrected chi connectivity index (χ3v) is 7.20. The number of unbranched alkanes of at least 4 members (excludes halogenated alkanes) is 15. The number of likely N-dealkylation sites (N-methyl/N-ethyl adjacent to an activating group) is 1. The highest BCUT2D eigenvalue weighted by Gasteiger charge is 2.23. The zero-order chi connectivity index (χ0) is 29.4. The highest BCUT2D eigenvalue weighted by molar-refractivity contribution is 5.67. The van der Waals surface area contributed by atoms with E-state index in [9.17, 15) is 9.59 Å². The molecule has 0 spiro atoms. The minimum Gasteiger partial charge on any atom is -0.446 e. The Morgan fingerprint density at radius 1 is 0.795 bits per heavy atom. The van der Waals surface area contributed by atoms with Crippen LogP contribution < -0.4 is 5.32 Å². The third kappa shape index (κ3) is 24.0. The maximum Gasteiger partial charge on any atom is 0.409 e. The van der Waals surface area contributed by atoms with Crippen molar-refractivity contribution in [2.45, 2.75) is 129 Å². The van der Waals surface area contributed by atoms with Gasteiger partial charge in [-0.3, -0.25) is 0 Å². The molecule has 8 nitrogen and oxygen atoms in total. The molecule has 0 bridgehead atoms. The average Bonchev–Trinajstić information content (AvgIpc) is 2.87. The number of hydrogen-bond acceptors (Lipinski definition) is 5. The number of nitrogens with one attached hydrogen (secondary N) is 1. The molecule has 0 aromatic carbocycles. The first-order valence-corrected chi connectivity index (χ1v) is 15.8. The minimum absolute atomic E-state index is 0.0337. The lowest BCUT2D eigenvalue weighted by Gasteiger charge is -2.25. The lowest BCUT2D eigenvalue weighted by atomic mass is 10.0. The van der Waals surface area contributed by atoms with Crippen molar-refractivity contribution in [2.75, 3.05) is 61.5 Å². The van der Waals surface area contributed by atoms with Gasteiger partial charge in [-0.05, 0) is 13.3 Å². The van der Waals surface area contributed by atoms with Gasteiger partial charge in [0.05, 0.1) is 34.2 Å². The van der Waals surface area contributed by atoms with Gasteiger partial charge >= 0.3 is 12.2 Å². The third-order valence-electron chi connectivity index (χ3n) is 7.20. The molecule has 232 valence electrons. The summed E-state index contributed by atoms with van der Waals surface area (Å²) >= 11 is 0. The van der Waals surface area contributed by atoms with Crippen LogP contribution in [0.25, 0.3) is 0 Å². The smallest absolute Gasteiger partial charge is 0.409 e. The summed E-state index contributed by atoms with van der Waals surface area (Å²) in [4.78, 5) is 26.0. The monoisotopic (exact) mass is 558 g/mol. The maximum atomic E-state index is 12.4. The number of carbonyl (C=O) groups is 2. The van der Waals surface area contributed by atoms with Gasteiger partial charge in [-0.25, -0.2) is 9.59 Å². The molecule has 2 amide bonds. The Balaban J connectivity index is 3.77. The number of hydrogen-bond donors (Lipinski definition) is 1. The Morgan fingerprint density at radius 2 is 1.26 bits per heavy atom. The molecule has 39 heavy (non-hydrogen) atoms. The van der Waals surface area contributed by atoms with Crippen LogP contribution in [0.1, 0.15) is 117 Å². The average molecular weight is 559 g/mol. The molecule has 1 N–H and O–H groups in total. The molecule has 0 aromatic heterocycles. The van der Waals surface area contributed by atoms with Gasteiger partial charge in [-0.15, -0.1) is 0 Å². The van der Waals surface area contributed by atoms with Crippen LogP contribution in [0.5, 0.6) is 0 Å². The molecule has 0 aliphatic heterocycles. The predicted molar refractivity (Wildman–Crippen MR) is 161 cm³/mol. The molecule has 8 heteroatoms. The normalized spacial score (nSPS) is 13.1. The fraction of sp³-hybridized carbons (Fsp3) is 0.935. The van der Waals surface area contributed by atoms with Gasteiger partial charge in [0.25, 0.3) is 0 Å². The van der Waals surface area contributed by atoms with Crippen LogP contribution in [0.3, 0.4) is 0 Å². The van der Waals surface area contributed by atoms with Gasteiger partial charge < -0.3 is 28.9 Å². The van der Waals surface area contributed by atoms with Crippen molar-refractivity contribution in [3.63, 3.8) is 0 Å². The van der Waals surface area contributed by atoms with Crippen molar-refractivity contribution in [3.8, 4) is 0 Å². The summed E-state index contributed by atoms with van der Waals surface area (Å²) in [6, 6.07) is 0. The number of alkyl carbamates (subject to hydrolysis) is 1. The zero-order valence-electron chi connectivity index (χ0n) is 26.7. The van der Waals surface area contributed by atoms with E-state index in [4.69, 9.17) is 14.2 Å². The van der Waals surface area contributed by atoms with Gasteiger partial charge in [0.15, 0.2) is 0 Å². The number of ether oxygens (including phenoxy) is 3. The second-order valence-corrected chi connectivity index (χ2v) is 12.1. The Hall–Kier alpha value is -1.54. The van der Waals surface area contributed by atoms with E-state index in [1.54, 1.807) is 18.9 Å². The Morgan fingerprint density at radius 3 is 1.69 bits per heavy atom. The summed E-state index contributed by atoms with van der Waals surface area (Å²) < 4.78 is 16.9. The summed E-state index contributed by atoms with van der Waals surface area (Å²) in [6.07, 6.45) is 19.3. The number of carbonyl (C=O) groups excluding carboxylic acids is 2. The van der Waals surface area contributed by atoms with Gasteiger partial charge in [0.2, 0.25) is 0 Å². The predicted octanol–water partition coefficient (Wildman–Crippen LogP) is 7.15. The molecule has 0 fully saturated rings. The van der Waals surface area contributed by atoms with Crippen LogP contribution in [0.4, 0.5) is 9.59 Å². The summed E-state index contributed by atoms with van der Waals surface area (Å²) in [5.41, 5.74) is 0. The summed E-state index contributed by atoms with van der Waals surface area (Å²) in [5, 5.41) is 2.75. The van der Waals surface area contributed by atoms with Crippen molar-refractivity contribution in [1.82, 2.24) is 10.2 Å². The van der Waals surface area contributed by atoms with Crippen LogP contribution in [-0.4, -0.2) is 95.3 Å². The highest BCUT2D eigenvalue weighted by Crippen LogP contribution is 2.14. The second kappa shape index (κ2) is 24.3. The van der Waals surface area contributed by atoms with Crippen molar-refractivity contribution in [3.05, 3.63) is 0 Å². The molecule has 0 rings (SSSR count). The maximum absolute atomic E-state index is 12.4. The van der Waals surface area contributed by atoms with Crippen LogP contribution >= 0.6 is 0 Å². The van der Waals surface area contributed by atoms with Crippen LogP contribution in [0.2, 0.25) is 0 Å². The molecular weight excluding hydrogens is 494 g/mol. The van der Waals surface area contributed by atoms with E-state index in [2.05, 4.69) is 33.4 Å². The molecule has 0 heterocycles. The van der Waals surface area contributed by atoms with E-state index in [-0.39, 0.29) is 12.7 Å². The summed E-state index contributed by atoms with van der Waals surface area (Å²) in [6.45, 7) is 6.03. The molecular formula is C31H64N3O5+. The molecule has 0 aromatic rings. The standard InChI is InChI=1S/C31H63N3O5/c1-8-9-10-11-12-13-14-15-16-17-18-19-20-21-22-23-25-33(3)31(36)38-27-29(37-7)28(2)39-30(35)32-24-26-34(4,5)6/h28-29H,8-27H2,1-7H3/p+1. The Bertz CT molecular complexity index is 597. The van der Waals surface area contributed by atoms with Crippen molar-refractivity contribution in [1.29, 1.82) is 0 Å². The molecule has 0 radical (unpaired) electrons. The van der Waals surface area contributed by atoms with Gasteiger partial charge in [-0.1, -0.05) is 103 Å². The highest BCUT2D eigenvalue weighted by atomic mass is 16.6. The topological polar surface area (TPSA) is 77.1 Å². The van der Waals surface area contributed by atoms with Gasteiger partial charge in [-0.2, -0.15) is 0 Å². The first-order chi connectivity index (χ1) is 18.6. The minimum atomic E-state index is -0.544. The lowest BCUT2D eigenvalue weighted by molar-refractivity contribution is -0.869. The SMILES string of the molecule is CCCCCCCCCCCCCCCCCCN(C)C(=O)OCC(OC)C(C)OC(=O)NCC[N+](C)(C)C. The van der Waals surface area contributed by atoms with Gasteiger partial charge in [0, 0.05) is 20.7 Å². The molecule has 0 aliphatic carbocycles. The zero-order valence-corrected chi connectivity index (χ0v) is 26.7. The first-order valence-electron chi connectivity index (χ1n) is 15.8. The van der Waals surface area contributed by atoms with E-state index in [1.165, 1.54) is 97.0 Å². The number of rotatable bonds is 25. The van der Waals surface area contributed by atoms with Crippen molar-refractivity contribution >= 4 is 12.2 Å². The summed E-state index contributed by atoms with van der Waals surface area (Å²) in [7, 11) is 9.46. The molecule has 0 saturated heterocycles. The molecule has 2 unspecified atom stereocenters.